The zero-order valence-corrected chi connectivity index (χ0v) is 34.2. The largest absolute Gasteiger partial charge is 0.511 e. The molecule has 0 aliphatic heterocycles. The Morgan fingerprint density at radius 1 is 0.755 bits per heavy atom. The molecule has 0 radical (unpaired) electrons. The summed E-state index contributed by atoms with van der Waals surface area (Å²) in [5, 5.41) is 11.8. The molecule has 0 bridgehead atoms. The molecule has 0 fully saturated rings. The first-order chi connectivity index (χ1) is 24.8. The lowest BCUT2D eigenvalue weighted by atomic mass is 9.91. The van der Waals surface area contributed by atoms with Crippen molar-refractivity contribution in [3.63, 3.8) is 0 Å². The molecule has 2 aromatic carbocycles. The third-order valence-electron chi connectivity index (χ3n) is 8.24. The number of carbonyl (C=O) groups excluding carboxylic acids is 2. The third-order valence-corrected chi connectivity index (χ3v) is 10.9. The maximum absolute atomic E-state index is 13.2. The topological polar surface area (TPSA) is 108 Å². The van der Waals surface area contributed by atoms with Crippen molar-refractivity contribution >= 4 is 91.2 Å². The second kappa shape index (κ2) is 17.0. The van der Waals surface area contributed by atoms with Crippen LogP contribution in [0.1, 0.15) is 61.7 Å². The van der Waals surface area contributed by atoms with Gasteiger partial charge < -0.3 is 19.3 Å². The van der Waals surface area contributed by atoms with Crippen molar-refractivity contribution in [3.8, 4) is 21.1 Å². The average Bonchev–Trinajstić information content (AvgIpc) is 3.78. The number of thiazole rings is 2. The molecule has 0 amide bonds. The van der Waals surface area contributed by atoms with Gasteiger partial charge in [0.2, 0.25) is 0 Å². The van der Waals surface area contributed by atoms with E-state index in [4.69, 9.17) is 33.3 Å². The molecule has 0 saturated heterocycles. The number of aromatic nitrogens is 2. The standard InChI is InChI=1S/C19H18FNO3S2.C17H16FNO2S.C2H3ClOS/c1-10-15(21-17(26-10)11-5-7-12(20)8-6-11)14-13(22)9-19(2,3)16(14)24-18(25)23-4;1-9-14(13-12(20)8-17(2,3)15(13)21)19-16(22-9)10-4-6-11(18)7-5-10;1-4-2(3)5/h5-8H,9H2,1-4H3;4-7,21H,8H2,1-3H3;1H3. The molecule has 0 unspecified atom stereocenters. The summed E-state index contributed by atoms with van der Waals surface area (Å²) >= 11 is 17.1. The van der Waals surface area contributed by atoms with Gasteiger partial charge in [0.15, 0.2) is 11.6 Å². The van der Waals surface area contributed by atoms with E-state index in [1.165, 1.54) is 61.2 Å². The van der Waals surface area contributed by atoms with Crippen molar-refractivity contribution < 1.29 is 37.7 Å². The molecule has 53 heavy (non-hydrogen) atoms. The fourth-order valence-electron chi connectivity index (χ4n) is 5.57. The number of aliphatic hydroxyl groups is 1. The summed E-state index contributed by atoms with van der Waals surface area (Å²) in [6.07, 6.45) is 0.601. The van der Waals surface area contributed by atoms with Crippen LogP contribution in [0.2, 0.25) is 0 Å². The van der Waals surface area contributed by atoms with Gasteiger partial charge in [0, 0.05) is 56.8 Å². The van der Waals surface area contributed by atoms with E-state index < -0.39 is 10.8 Å². The number of ketones is 2. The Kier molecular flexibility index (Phi) is 13.4. The van der Waals surface area contributed by atoms with Crippen LogP contribution in [0.3, 0.4) is 0 Å². The normalized spacial score (nSPS) is 15.8. The van der Waals surface area contributed by atoms with Crippen LogP contribution >= 0.6 is 58.7 Å². The lowest BCUT2D eigenvalue weighted by Crippen LogP contribution is -2.16. The summed E-state index contributed by atoms with van der Waals surface area (Å²) in [5.41, 5.74) is 2.44. The minimum Gasteiger partial charge on any atom is -0.511 e. The van der Waals surface area contributed by atoms with Gasteiger partial charge in [0.1, 0.15) is 33.2 Å². The van der Waals surface area contributed by atoms with Crippen LogP contribution in [0.4, 0.5) is 8.78 Å². The number of rotatable bonds is 5. The first-order valence-corrected chi connectivity index (χ1v) is 18.8. The number of allylic oxidation sites excluding steroid dienone is 4. The van der Waals surface area contributed by atoms with Gasteiger partial charge in [-0.2, -0.15) is 0 Å². The number of halogens is 3. The van der Waals surface area contributed by atoms with Gasteiger partial charge in [-0.05, 0) is 86.2 Å². The van der Waals surface area contributed by atoms with Gasteiger partial charge in [-0.15, -0.1) is 22.7 Å². The van der Waals surface area contributed by atoms with E-state index in [1.54, 1.807) is 24.3 Å². The maximum Gasteiger partial charge on any atom is 0.357 e. The zero-order chi connectivity index (χ0) is 39.4. The minimum absolute atomic E-state index is 0.0353. The molecular weight excluding hydrogens is 782 g/mol. The number of ether oxygens (including phenoxy) is 3. The second-order valence-corrected chi connectivity index (χ2v) is 16.9. The summed E-state index contributed by atoms with van der Waals surface area (Å²) < 4.78 is 41.1. The number of aliphatic hydroxyl groups excluding tert-OH is 1. The van der Waals surface area contributed by atoms with Crippen molar-refractivity contribution in [1.29, 1.82) is 0 Å². The van der Waals surface area contributed by atoms with Crippen molar-refractivity contribution in [2.24, 2.45) is 10.8 Å². The van der Waals surface area contributed by atoms with Crippen LogP contribution in [0, 0.1) is 36.3 Å². The van der Waals surface area contributed by atoms with Crippen molar-refractivity contribution in [2.45, 2.75) is 54.4 Å². The number of benzene rings is 2. The number of thiocarbonyl (C=S) groups is 2. The van der Waals surface area contributed by atoms with Crippen LogP contribution in [0.25, 0.3) is 32.3 Å². The van der Waals surface area contributed by atoms with Crippen LogP contribution in [-0.2, 0) is 23.8 Å². The first kappa shape index (κ1) is 41.8. The molecular formula is C38H37ClF2N2O6S4. The lowest BCUT2D eigenvalue weighted by molar-refractivity contribution is -0.115. The summed E-state index contributed by atoms with van der Waals surface area (Å²) in [7, 11) is 2.85. The predicted octanol–water partition coefficient (Wildman–Crippen LogP) is 10.6. The second-order valence-electron chi connectivity index (χ2n) is 13.3. The minimum atomic E-state index is -0.543. The van der Waals surface area contributed by atoms with E-state index in [0.717, 1.165) is 25.9 Å². The van der Waals surface area contributed by atoms with Gasteiger partial charge in [0.05, 0.1) is 36.8 Å². The number of methoxy groups -OCH3 is 2. The predicted molar refractivity (Wildman–Crippen MR) is 214 cm³/mol. The highest BCUT2D eigenvalue weighted by Gasteiger charge is 2.43. The molecule has 8 nitrogen and oxygen atoms in total. The smallest absolute Gasteiger partial charge is 0.357 e. The van der Waals surface area contributed by atoms with Gasteiger partial charge in [0.25, 0.3) is 4.51 Å². The average molecular weight is 819 g/mol. The number of hydrogen-bond acceptors (Lipinski definition) is 12. The number of Topliss-reactive ketones (excluding diaryl/α,β-unsaturated/α-hetero) is 2. The number of aryl methyl sites for hydroxylation is 2. The highest BCUT2D eigenvalue weighted by atomic mass is 35.5. The lowest BCUT2D eigenvalue weighted by Gasteiger charge is -2.21. The summed E-state index contributed by atoms with van der Waals surface area (Å²) in [5.74, 6) is -0.138. The van der Waals surface area contributed by atoms with Crippen LogP contribution < -0.4 is 0 Å². The summed E-state index contributed by atoms with van der Waals surface area (Å²) in [6.45, 7) is 11.3. The Morgan fingerprint density at radius 2 is 1.15 bits per heavy atom. The Labute approximate surface area is 330 Å². The maximum atomic E-state index is 13.2. The van der Waals surface area contributed by atoms with Crippen LogP contribution in [0.5, 0.6) is 0 Å². The Hall–Kier alpha value is -3.95. The SMILES string of the molecule is COC(=S)Cl.COC(=S)OC1=C(c2nc(-c3ccc(F)cc3)sc2C)C(=O)CC1(C)C.Cc1sc(-c2ccc(F)cc2)nc1C1=C(O)C(C)(C)CC1=O. The van der Waals surface area contributed by atoms with E-state index in [9.17, 15) is 23.5 Å². The van der Waals surface area contributed by atoms with Gasteiger partial charge in [-0.3, -0.25) is 9.59 Å². The Morgan fingerprint density at radius 3 is 1.53 bits per heavy atom. The summed E-state index contributed by atoms with van der Waals surface area (Å²) in [4.78, 5) is 35.9. The number of hydrogen-bond donors (Lipinski definition) is 1. The number of carbonyl (C=O) groups is 2. The molecule has 15 heteroatoms. The molecule has 6 rings (SSSR count). The van der Waals surface area contributed by atoms with E-state index >= 15 is 0 Å². The van der Waals surface area contributed by atoms with Crippen molar-refractivity contribution in [1.82, 2.24) is 9.97 Å². The van der Waals surface area contributed by atoms with E-state index in [1.807, 2.05) is 41.5 Å². The molecule has 280 valence electrons. The zero-order valence-electron chi connectivity index (χ0n) is 30.2. The van der Waals surface area contributed by atoms with Gasteiger partial charge >= 0.3 is 5.24 Å². The third kappa shape index (κ3) is 9.78. The fraction of sp³-hybridized carbons (Fsp3) is 0.316. The molecule has 2 heterocycles. The molecule has 0 saturated carbocycles. The quantitative estimate of drug-likeness (QED) is 0.154. The van der Waals surface area contributed by atoms with Crippen LogP contribution in [0.15, 0.2) is 60.0 Å². The highest BCUT2D eigenvalue weighted by Crippen LogP contribution is 2.47. The fourth-order valence-corrected chi connectivity index (χ4v) is 7.50. The van der Waals surface area contributed by atoms with E-state index in [-0.39, 0.29) is 45.1 Å². The van der Waals surface area contributed by atoms with Crippen molar-refractivity contribution in [2.75, 3.05) is 14.2 Å². The molecule has 0 atom stereocenters. The Balaban J connectivity index is 0.000000212. The number of nitrogens with zero attached hydrogens (tertiary/aromatic N) is 2. The summed E-state index contributed by atoms with van der Waals surface area (Å²) in [6, 6.07) is 12.2. The van der Waals surface area contributed by atoms with Crippen molar-refractivity contribution in [3.05, 3.63) is 92.8 Å². The van der Waals surface area contributed by atoms with E-state index in [2.05, 4.69) is 26.9 Å². The molecule has 2 aliphatic rings. The molecule has 2 aliphatic carbocycles. The highest BCUT2D eigenvalue weighted by molar-refractivity contribution is 7.82. The molecule has 2 aromatic heterocycles. The monoisotopic (exact) mass is 818 g/mol. The Bertz CT molecular complexity index is 2120. The van der Waals surface area contributed by atoms with E-state index in [0.29, 0.717) is 39.7 Å². The van der Waals surface area contributed by atoms with Crippen LogP contribution in [-0.4, -0.2) is 50.6 Å². The van der Waals surface area contributed by atoms with Gasteiger partial charge in [-0.25, -0.2) is 18.7 Å². The molecule has 0 spiro atoms. The molecule has 1 N–H and O–H groups in total. The molecule has 4 aromatic rings. The first-order valence-electron chi connectivity index (χ1n) is 16.0. The van der Waals surface area contributed by atoms with Gasteiger partial charge in [-0.1, -0.05) is 27.7 Å².